The van der Waals surface area contributed by atoms with Crippen molar-refractivity contribution in [2.75, 3.05) is 20.4 Å². The zero-order valence-electron chi connectivity index (χ0n) is 23.7. The van der Waals surface area contributed by atoms with Crippen LogP contribution in [0.15, 0.2) is 97.1 Å². The molecule has 0 saturated heterocycles. The monoisotopic (exact) mass is 636 g/mol. The molecule has 0 aromatic heterocycles. The Balaban J connectivity index is 1.31. The van der Waals surface area contributed by atoms with E-state index in [0.29, 0.717) is 36.4 Å². The molecular formula is C36H20N4O4S2. The standard InChI is InChI=1S/C36H20N4O4S2/c41-45-43-35-23-15-11-19-20-12-16-24-32-22(34-38-26-6-2-4-8-28(26)40(34)36(24)44-46-42)14-10-18(30(20)32)17-9-13-21(31(23)29(17)19)33-37-25-5-1-3-7-27(25)39(33)35/h1-16,37-38,41-42H. The molecule has 0 atom stereocenters. The molecule has 0 bridgehead atoms. The van der Waals surface area contributed by atoms with Gasteiger partial charge in [-0.2, -0.15) is 0 Å². The summed E-state index contributed by atoms with van der Waals surface area (Å²) in [5.74, 6) is 2.93. The first-order chi connectivity index (χ1) is 22.8. The van der Waals surface area contributed by atoms with Gasteiger partial charge in [-0.25, -0.2) is 0 Å². The highest BCUT2D eigenvalue weighted by Crippen LogP contribution is 2.45. The molecule has 4 aliphatic rings. The Morgan fingerprint density at radius 2 is 0.848 bits per heavy atom. The van der Waals surface area contributed by atoms with E-state index in [-0.39, 0.29) is 0 Å². The van der Waals surface area contributed by atoms with Crippen molar-refractivity contribution < 1.29 is 17.5 Å². The Labute approximate surface area is 268 Å². The van der Waals surface area contributed by atoms with Gasteiger partial charge in [0.25, 0.3) is 0 Å². The second kappa shape index (κ2) is 8.71. The first kappa shape index (κ1) is 25.0. The molecule has 0 spiro atoms. The van der Waals surface area contributed by atoms with E-state index in [4.69, 9.17) is 8.37 Å². The van der Waals surface area contributed by atoms with Gasteiger partial charge < -0.3 is 19.0 Å². The summed E-state index contributed by atoms with van der Waals surface area (Å²) < 4.78 is 31.7. The molecule has 0 fully saturated rings. The smallest absolute Gasteiger partial charge is 0.225 e. The van der Waals surface area contributed by atoms with Crippen LogP contribution in [0.3, 0.4) is 0 Å². The van der Waals surface area contributed by atoms with Crippen molar-refractivity contribution in [3.63, 3.8) is 0 Å². The molecule has 220 valence electrons. The molecule has 10 heteroatoms. The van der Waals surface area contributed by atoms with Crippen molar-refractivity contribution in [3.05, 3.63) is 118 Å². The fourth-order valence-electron chi connectivity index (χ4n) is 8.07. The number of para-hydroxylation sites is 4. The van der Waals surface area contributed by atoms with Crippen LogP contribution in [0.4, 0.5) is 22.7 Å². The van der Waals surface area contributed by atoms with Gasteiger partial charge in [0.2, 0.25) is 36.4 Å². The second-order valence-corrected chi connectivity index (χ2v) is 12.4. The molecule has 11 rings (SSSR count). The van der Waals surface area contributed by atoms with Gasteiger partial charge in [0, 0.05) is 31.6 Å². The lowest BCUT2D eigenvalue weighted by atomic mass is 9.86. The summed E-state index contributed by atoms with van der Waals surface area (Å²) in [7, 11) is 0. The van der Waals surface area contributed by atoms with E-state index in [0.717, 1.165) is 98.4 Å². The quantitative estimate of drug-likeness (QED) is 0.102. The molecule has 0 radical (unpaired) electrons. The van der Waals surface area contributed by atoms with Crippen LogP contribution in [0.25, 0.3) is 66.5 Å². The Hall–Kier alpha value is -5.26. The molecule has 7 aromatic rings. The van der Waals surface area contributed by atoms with Crippen LogP contribution in [-0.2, 0) is 8.37 Å². The number of hydrogen-bond acceptors (Lipinski definition) is 10. The van der Waals surface area contributed by atoms with E-state index < -0.39 is 0 Å². The minimum Gasteiger partial charge on any atom is -0.380 e. The zero-order valence-corrected chi connectivity index (χ0v) is 25.3. The number of fused-ring (bicyclic) bond motifs is 8. The summed E-state index contributed by atoms with van der Waals surface area (Å²) in [5.41, 5.74) is 3.89. The van der Waals surface area contributed by atoms with E-state index in [1.807, 2.05) is 58.3 Å². The van der Waals surface area contributed by atoms with Crippen LogP contribution in [0.5, 0.6) is 0 Å². The molecule has 4 aliphatic heterocycles. The molecular weight excluding hydrogens is 617 g/mol. The van der Waals surface area contributed by atoms with Gasteiger partial charge in [-0.1, -0.05) is 60.7 Å². The van der Waals surface area contributed by atoms with Gasteiger partial charge in [0.05, 0.1) is 22.7 Å². The minimum absolute atomic E-state index is 0.357. The predicted molar refractivity (Wildman–Crippen MR) is 187 cm³/mol. The van der Waals surface area contributed by atoms with E-state index >= 15 is 0 Å². The van der Waals surface area contributed by atoms with Gasteiger partial charge in [0.1, 0.15) is 11.6 Å². The highest BCUT2D eigenvalue weighted by molar-refractivity contribution is 7.89. The number of rotatable bonds is 4. The summed E-state index contributed by atoms with van der Waals surface area (Å²) in [4.78, 5) is 4.10. The summed E-state index contributed by atoms with van der Waals surface area (Å²) in [6.07, 6.45) is 0. The van der Waals surface area contributed by atoms with Gasteiger partial charge in [-0.15, -0.1) is 0 Å². The highest BCUT2D eigenvalue weighted by Gasteiger charge is 2.35. The van der Waals surface area contributed by atoms with E-state index in [2.05, 4.69) is 59.2 Å². The third-order valence-electron chi connectivity index (χ3n) is 9.75. The largest absolute Gasteiger partial charge is 0.380 e. The van der Waals surface area contributed by atoms with Gasteiger partial charge in [-0.05, 0) is 68.7 Å². The van der Waals surface area contributed by atoms with Crippen molar-refractivity contribution in [3.8, 4) is 0 Å². The van der Waals surface area contributed by atoms with Crippen molar-refractivity contribution >= 4 is 114 Å². The average molecular weight is 637 g/mol. The van der Waals surface area contributed by atoms with Crippen molar-refractivity contribution in [2.45, 2.75) is 0 Å². The fraction of sp³-hybridized carbons (Fsp3) is 0. The van der Waals surface area contributed by atoms with Crippen molar-refractivity contribution in [1.82, 2.24) is 0 Å². The first-order valence-corrected chi connectivity index (χ1v) is 16.1. The number of nitrogens with one attached hydrogen (secondary N) is 2. The molecule has 0 amide bonds. The molecule has 4 N–H and O–H groups in total. The fourth-order valence-corrected chi connectivity index (χ4v) is 8.54. The van der Waals surface area contributed by atoms with Gasteiger partial charge in [0.15, 0.2) is 0 Å². The maximum absolute atomic E-state index is 9.93. The molecule has 0 unspecified atom stereocenters. The Kier molecular flexibility index (Phi) is 4.73. The van der Waals surface area contributed by atoms with Gasteiger partial charge >= 0.3 is 0 Å². The van der Waals surface area contributed by atoms with Crippen LogP contribution in [-0.4, -0.2) is 9.11 Å². The van der Waals surface area contributed by atoms with Crippen molar-refractivity contribution in [1.29, 1.82) is 0 Å². The lowest BCUT2D eigenvalue weighted by Crippen LogP contribution is -2.37. The normalized spacial score (nSPS) is 15.4. The zero-order chi connectivity index (χ0) is 30.3. The third-order valence-corrected chi connectivity index (χ3v) is 10.2. The summed E-state index contributed by atoms with van der Waals surface area (Å²) in [6.45, 7) is 0. The number of nitrogens with zero attached hydrogens (tertiary/aromatic N) is 2. The van der Waals surface area contributed by atoms with E-state index in [9.17, 15) is 9.11 Å². The Morgan fingerprint density at radius 3 is 1.26 bits per heavy atom. The third kappa shape index (κ3) is 2.87. The van der Waals surface area contributed by atoms with E-state index in [1.54, 1.807) is 0 Å². The van der Waals surface area contributed by atoms with Crippen LogP contribution in [0, 0.1) is 0 Å². The molecule has 0 aliphatic carbocycles. The maximum Gasteiger partial charge on any atom is 0.225 e. The summed E-state index contributed by atoms with van der Waals surface area (Å²) >= 11 is 0.713. The maximum atomic E-state index is 9.93. The van der Waals surface area contributed by atoms with Crippen LogP contribution in [0.2, 0.25) is 0 Å². The Morgan fingerprint density at radius 1 is 0.457 bits per heavy atom. The highest BCUT2D eigenvalue weighted by atomic mass is 32.2. The van der Waals surface area contributed by atoms with Gasteiger partial charge in [-0.3, -0.25) is 18.9 Å². The SMILES string of the molecule is OSOC1=c2ccc3c4ccc5c6c(ccc(c7ccc(c2c73)=C2Nc3ccccc3N21)c64)=C1Nc2ccccc2N1C=5OSO. The molecule has 8 nitrogen and oxygen atoms in total. The second-order valence-electron chi connectivity index (χ2n) is 11.7. The predicted octanol–water partition coefficient (Wildman–Crippen LogP) is 6.17. The first-order valence-electron chi connectivity index (χ1n) is 14.7. The number of anilines is 4. The van der Waals surface area contributed by atoms with Crippen LogP contribution >= 0.6 is 24.6 Å². The number of hydrogen-bond donors (Lipinski definition) is 4. The Bertz CT molecular complexity index is 2610. The molecule has 7 aromatic carbocycles. The average Bonchev–Trinajstić information content (AvgIpc) is 3.68. The summed E-state index contributed by atoms with van der Waals surface area (Å²) in [6, 6.07) is 33.6. The lowest BCUT2D eigenvalue weighted by Gasteiger charge is -2.27. The van der Waals surface area contributed by atoms with E-state index in [1.165, 1.54) is 0 Å². The minimum atomic E-state index is 0.357. The molecule has 4 heterocycles. The topological polar surface area (TPSA) is 89.5 Å². The van der Waals surface area contributed by atoms with Crippen LogP contribution in [0.1, 0.15) is 0 Å². The molecule has 0 saturated carbocycles. The van der Waals surface area contributed by atoms with Crippen LogP contribution < -0.4 is 41.3 Å². The lowest BCUT2D eigenvalue weighted by molar-refractivity contribution is 0.500. The van der Waals surface area contributed by atoms with Crippen molar-refractivity contribution in [2.24, 2.45) is 0 Å². The molecule has 46 heavy (non-hydrogen) atoms. The number of benzene rings is 7. The summed E-state index contributed by atoms with van der Waals surface area (Å²) in [5, 5.41) is 20.1.